The topological polar surface area (TPSA) is 16.4 Å². The molecule has 1 heterocycles. The van der Waals surface area contributed by atoms with Crippen LogP contribution in [0.5, 0.6) is 0 Å². The van der Waals surface area contributed by atoms with Crippen LogP contribution in [0.4, 0.5) is 17.1 Å². The average Bonchev–Trinajstić information content (AvgIpc) is 3.59. The van der Waals surface area contributed by atoms with E-state index in [2.05, 4.69) is 170 Å². The minimum absolute atomic E-state index is 0.0978. The van der Waals surface area contributed by atoms with Crippen LogP contribution >= 0.6 is 0 Å². The molecular weight excluding hydrogens is 546 g/mol. The molecule has 0 atom stereocenters. The smallest absolute Gasteiger partial charge is 0.143 e. The molecule has 7 aromatic carbocycles. The highest BCUT2D eigenvalue weighted by atomic mass is 16.3. The van der Waals surface area contributed by atoms with Crippen LogP contribution in [-0.2, 0) is 5.41 Å². The Labute approximate surface area is 262 Å². The minimum Gasteiger partial charge on any atom is -0.455 e. The van der Waals surface area contributed by atoms with E-state index in [0.717, 1.165) is 50.1 Å². The summed E-state index contributed by atoms with van der Waals surface area (Å²) in [5.74, 6) is 0. The van der Waals surface area contributed by atoms with E-state index >= 15 is 0 Å². The molecule has 0 bridgehead atoms. The Morgan fingerprint density at radius 1 is 0.511 bits per heavy atom. The quantitative estimate of drug-likeness (QED) is 0.207. The molecule has 0 amide bonds. The van der Waals surface area contributed by atoms with Gasteiger partial charge in [0.1, 0.15) is 11.2 Å². The first kappa shape index (κ1) is 25.9. The second kappa shape index (κ2) is 9.70. The van der Waals surface area contributed by atoms with Crippen molar-refractivity contribution >= 4 is 49.8 Å². The summed E-state index contributed by atoms with van der Waals surface area (Å²) in [5, 5.41) is 4.65. The number of rotatable bonds is 4. The Balaban J connectivity index is 1.36. The fourth-order valence-electron chi connectivity index (χ4n) is 7.50. The molecule has 2 nitrogen and oxygen atoms in total. The molecule has 0 fully saturated rings. The second-order valence-electron chi connectivity index (χ2n) is 12.5. The van der Waals surface area contributed by atoms with Gasteiger partial charge < -0.3 is 9.32 Å². The number of benzene rings is 7. The predicted octanol–water partition coefficient (Wildman–Crippen LogP) is 12.2. The van der Waals surface area contributed by atoms with Crippen molar-refractivity contribution in [1.29, 1.82) is 0 Å². The van der Waals surface area contributed by atoms with Crippen LogP contribution in [0.15, 0.2) is 156 Å². The van der Waals surface area contributed by atoms with Crippen molar-refractivity contribution in [2.45, 2.75) is 19.3 Å². The van der Waals surface area contributed by atoms with Crippen molar-refractivity contribution in [3.8, 4) is 22.3 Å². The van der Waals surface area contributed by atoms with Crippen LogP contribution in [0.3, 0.4) is 0 Å². The van der Waals surface area contributed by atoms with E-state index in [9.17, 15) is 0 Å². The summed E-state index contributed by atoms with van der Waals surface area (Å²) in [6.45, 7) is 4.69. The third kappa shape index (κ3) is 3.82. The molecule has 2 heteroatoms. The summed E-state index contributed by atoms with van der Waals surface area (Å²) in [4.78, 5) is 2.40. The van der Waals surface area contributed by atoms with Crippen LogP contribution in [0.25, 0.3) is 55.0 Å². The van der Waals surface area contributed by atoms with E-state index in [1.54, 1.807) is 0 Å². The molecule has 0 spiro atoms. The molecule has 214 valence electrons. The molecule has 1 aromatic heterocycles. The molecule has 9 rings (SSSR count). The van der Waals surface area contributed by atoms with Crippen molar-refractivity contribution in [2.24, 2.45) is 0 Å². The number of nitrogens with zero attached hydrogens (tertiary/aromatic N) is 1. The molecule has 0 N–H and O–H groups in total. The predicted molar refractivity (Wildman–Crippen MR) is 189 cm³/mol. The number of hydrogen-bond acceptors (Lipinski definition) is 2. The first-order valence-corrected chi connectivity index (χ1v) is 15.6. The van der Waals surface area contributed by atoms with Gasteiger partial charge in [-0.1, -0.05) is 123 Å². The maximum absolute atomic E-state index is 6.83. The summed E-state index contributed by atoms with van der Waals surface area (Å²) in [6, 6.07) is 54.5. The van der Waals surface area contributed by atoms with Crippen molar-refractivity contribution < 1.29 is 4.42 Å². The summed E-state index contributed by atoms with van der Waals surface area (Å²) in [7, 11) is 0. The molecule has 0 unspecified atom stereocenters. The molecule has 1 aliphatic carbocycles. The molecule has 1 aliphatic rings. The van der Waals surface area contributed by atoms with E-state index in [4.69, 9.17) is 4.42 Å². The lowest BCUT2D eigenvalue weighted by Crippen LogP contribution is -2.16. The number of hydrogen-bond donors (Lipinski definition) is 0. The zero-order valence-electron chi connectivity index (χ0n) is 25.3. The molecule has 45 heavy (non-hydrogen) atoms. The van der Waals surface area contributed by atoms with Gasteiger partial charge in [-0.15, -0.1) is 0 Å². The average molecular weight is 578 g/mol. The highest BCUT2D eigenvalue weighted by molar-refractivity contribution is 6.26. The normalized spacial score (nSPS) is 13.3. The van der Waals surface area contributed by atoms with Gasteiger partial charge in [-0.05, 0) is 81.1 Å². The van der Waals surface area contributed by atoms with Crippen molar-refractivity contribution in [3.05, 3.63) is 163 Å². The van der Waals surface area contributed by atoms with E-state index < -0.39 is 0 Å². The Bertz CT molecular complexity index is 2400. The van der Waals surface area contributed by atoms with Crippen LogP contribution in [0, 0.1) is 0 Å². The Morgan fingerprint density at radius 2 is 1.22 bits per heavy atom. The van der Waals surface area contributed by atoms with Crippen LogP contribution < -0.4 is 4.90 Å². The van der Waals surface area contributed by atoms with Crippen molar-refractivity contribution in [2.75, 3.05) is 4.90 Å². The Kier molecular flexibility index (Phi) is 5.58. The zero-order chi connectivity index (χ0) is 30.1. The SMILES string of the molecule is CC1(C)c2ccccc2-c2ccc(N(c3ccccc3)c3cccc4oc5c(-c6ccccc6)cc6ccccc6c5c34)cc21. The van der Waals surface area contributed by atoms with Gasteiger partial charge in [0.05, 0.1) is 11.1 Å². The molecule has 8 aromatic rings. The first-order valence-electron chi connectivity index (χ1n) is 15.6. The van der Waals surface area contributed by atoms with Gasteiger partial charge in [0.25, 0.3) is 0 Å². The number of para-hydroxylation sites is 1. The lowest BCUT2D eigenvalue weighted by Gasteiger charge is -2.28. The lowest BCUT2D eigenvalue weighted by molar-refractivity contribution is 0.660. The maximum Gasteiger partial charge on any atom is 0.143 e. The van der Waals surface area contributed by atoms with Gasteiger partial charge in [-0.2, -0.15) is 0 Å². The monoisotopic (exact) mass is 577 g/mol. The zero-order valence-corrected chi connectivity index (χ0v) is 25.3. The molecule has 0 radical (unpaired) electrons. The second-order valence-corrected chi connectivity index (χ2v) is 12.5. The van der Waals surface area contributed by atoms with E-state index in [-0.39, 0.29) is 5.41 Å². The van der Waals surface area contributed by atoms with Crippen LogP contribution in [0.2, 0.25) is 0 Å². The minimum atomic E-state index is -0.0978. The van der Waals surface area contributed by atoms with Crippen molar-refractivity contribution in [3.63, 3.8) is 0 Å². The van der Waals surface area contributed by atoms with E-state index in [0.29, 0.717) is 0 Å². The summed E-state index contributed by atoms with van der Waals surface area (Å²) in [6.07, 6.45) is 0. The molecular formula is C43H31NO. The van der Waals surface area contributed by atoms with Gasteiger partial charge in [0.2, 0.25) is 0 Å². The standard InChI is InChI=1S/C43H31NO/c1-43(2)36-21-12-11-20-33(36)34-25-24-31(27-37(34)43)44(30-17-7-4-8-18-30)38-22-13-23-39-41(38)40-32-19-10-9-16-29(32)26-35(42(40)45-39)28-14-5-3-6-15-28/h3-27H,1-2H3. The fraction of sp³-hybridized carbons (Fsp3) is 0.0698. The largest absolute Gasteiger partial charge is 0.455 e. The van der Waals surface area contributed by atoms with Crippen molar-refractivity contribution in [1.82, 2.24) is 0 Å². The van der Waals surface area contributed by atoms with Gasteiger partial charge in [0.15, 0.2) is 0 Å². The van der Waals surface area contributed by atoms with Gasteiger partial charge in [0, 0.05) is 27.7 Å². The number of fused-ring (bicyclic) bond motifs is 8. The van der Waals surface area contributed by atoms with Gasteiger partial charge in [-0.3, -0.25) is 0 Å². The Hall–Kier alpha value is -5.60. The highest BCUT2D eigenvalue weighted by Gasteiger charge is 2.36. The van der Waals surface area contributed by atoms with E-state index in [1.165, 1.54) is 33.0 Å². The number of anilines is 3. The summed E-state index contributed by atoms with van der Waals surface area (Å²) >= 11 is 0. The van der Waals surface area contributed by atoms with Gasteiger partial charge >= 0.3 is 0 Å². The number of furan rings is 1. The summed E-state index contributed by atoms with van der Waals surface area (Å²) in [5.41, 5.74) is 12.7. The van der Waals surface area contributed by atoms with E-state index in [1.807, 2.05) is 0 Å². The lowest BCUT2D eigenvalue weighted by atomic mass is 9.82. The highest BCUT2D eigenvalue weighted by Crippen LogP contribution is 2.52. The van der Waals surface area contributed by atoms with Crippen LogP contribution in [0.1, 0.15) is 25.0 Å². The maximum atomic E-state index is 6.83. The van der Waals surface area contributed by atoms with Gasteiger partial charge in [-0.25, -0.2) is 0 Å². The fourth-order valence-corrected chi connectivity index (χ4v) is 7.50. The third-order valence-corrected chi connectivity index (χ3v) is 9.63. The van der Waals surface area contributed by atoms with Crippen LogP contribution in [-0.4, -0.2) is 0 Å². The summed E-state index contributed by atoms with van der Waals surface area (Å²) < 4.78 is 6.83. The molecule has 0 saturated carbocycles. The first-order chi connectivity index (χ1) is 22.1. The molecule has 0 saturated heterocycles. The third-order valence-electron chi connectivity index (χ3n) is 9.63. The molecule has 0 aliphatic heterocycles. The Morgan fingerprint density at radius 3 is 2.07 bits per heavy atom.